The van der Waals surface area contributed by atoms with E-state index in [0.29, 0.717) is 0 Å². The van der Waals surface area contributed by atoms with Crippen molar-refractivity contribution in [1.82, 2.24) is 4.98 Å². The number of hydrogen-bond acceptors (Lipinski definition) is 4. The fourth-order valence-corrected chi connectivity index (χ4v) is 3.43. The van der Waals surface area contributed by atoms with Gasteiger partial charge in [0.25, 0.3) is 10.0 Å². The fourth-order valence-electron chi connectivity index (χ4n) is 1.46. The van der Waals surface area contributed by atoms with Gasteiger partial charge < -0.3 is 0 Å². The summed E-state index contributed by atoms with van der Waals surface area (Å²) in [6.07, 6.45) is 1.35. The Labute approximate surface area is 129 Å². The summed E-state index contributed by atoms with van der Waals surface area (Å²) in [4.78, 5) is 3.53. The van der Waals surface area contributed by atoms with Crippen molar-refractivity contribution < 1.29 is 8.42 Å². The molecule has 2 rings (SSSR count). The molecule has 2 aromatic rings. The Balaban J connectivity index is 2.44. The maximum absolute atomic E-state index is 12.2. The molecule has 0 amide bonds. The van der Waals surface area contributed by atoms with Gasteiger partial charge in [-0.15, -0.1) is 0 Å². The third-order valence-corrected chi connectivity index (χ3v) is 4.54. The normalized spacial score (nSPS) is 10.8. The Hall–Kier alpha value is -1.62. The third kappa shape index (κ3) is 3.10. The summed E-state index contributed by atoms with van der Waals surface area (Å²) in [5.74, 6) is 0. The zero-order valence-corrected chi connectivity index (χ0v) is 13.0. The minimum Gasteiger partial charge on any atom is -0.278 e. The number of anilines is 1. The highest BCUT2D eigenvalue weighted by atomic mass is 79.9. The molecule has 0 aliphatic rings. The summed E-state index contributed by atoms with van der Waals surface area (Å²) in [6.45, 7) is 0. The van der Waals surface area contributed by atoms with Crippen LogP contribution < -0.4 is 4.72 Å². The van der Waals surface area contributed by atoms with Crippen molar-refractivity contribution in [1.29, 1.82) is 5.26 Å². The van der Waals surface area contributed by atoms with Crippen LogP contribution in [0.2, 0.25) is 5.02 Å². The van der Waals surface area contributed by atoms with Crippen LogP contribution in [0.5, 0.6) is 0 Å². The Kier molecular flexibility index (Phi) is 4.28. The summed E-state index contributed by atoms with van der Waals surface area (Å²) in [5.41, 5.74) is 0.0517. The van der Waals surface area contributed by atoms with Gasteiger partial charge in [0, 0.05) is 10.7 Å². The monoisotopic (exact) mass is 371 g/mol. The van der Waals surface area contributed by atoms with E-state index in [0.717, 1.165) is 4.47 Å². The molecule has 1 aromatic heterocycles. The summed E-state index contributed by atoms with van der Waals surface area (Å²) >= 11 is 9.19. The molecule has 0 saturated heterocycles. The predicted octanol–water partition coefficient (Wildman–Crippen LogP) is 3.17. The second kappa shape index (κ2) is 5.79. The molecule has 0 fully saturated rings. The largest absolute Gasteiger partial charge is 0.278 e. The standard InChI is InChI=1S/C12H7BrClN3O2S/c13-8-3-4-10(9(14)6-8)17-20(18,19)12-2-1-5-16-11(12)7-15/h1-6,17H. The Morgan fingerprint density at radius 2 is 2.10 bits per heavy atom. The van der Waals surface area contributed by atoms with Crippen molar-refractivity contribution in [2.24, 2.45) is 0 Å². The number of nitrogens with zero attached hydrogens (tertiary/aromatic N) is 2. The zero-order valence-electron chi connectivity index (χ0n) is 9.84. The van der Waals surface area contributed by atoms with Crippen LogP contribution in [0.3, 0.4) is 0 Å². The quantitative estimate of drug-likeness (QED) is 0.897. The highest BCUT2D eigenvalue weighted by Crippen LogP contribution is 2.28. The lowest BCUT2D eigenvalue weighted by Gasteiger charge is -2.10. The summed E-state index contributed by atoms with van der Waals surface area (Å²) in [6, 6.07) is 9.22. The minimum absolute atomic E-state index is 0.173. The highest BCUT2D eigenvalue weighted by Gasteiger charge is 2.20. The van der Waals surface area contributed by atoms with E-state index >= 15 is 0 Å². The van der Waals surface area contributed by atoms with Gasteiger partial charge in [0.05, 0.1) is 10.7 Å². The van der Waals surface area contributed by atoms with E-state index < -0.39 is 10.0 Å². The molecule has 0 aliphatic carbocycles. The summed E-state index contributed by atoms with van der Waals surface area (Å²) < 4.78 is 27.6. The molecular formula is C12H7BrClN3O2S. The van der Waals surface area contributed by atoms with E-state index in [1.165, 1.54) is 24.4 Å². The lowest BCUT2D eigenvalue weighted by Crippen LogP contribution is -2.15. The first-order valence-electron chi connectivity index (χ1n) is 5.27. The Morgan fingerprint density at radius 1 is 1.35 bits per heavy atom. The number of hydrogen-bond donors (Lipinski definition) is 1. The minimum atomic E-state index is -3.93. The van der Waals surface area contributed by atoms with Crippen molar-refractivity contribution in [3.63, 3.8) is 0 Å². The molecule has 20 heavy (non-hydrogen) atoms. The number of nitriles is 1. The van der Waals surface area contributed by atoms with Gasteiger partial charge in [0.15, 0.2) is 5.69 Å². The van der Waals surface area contributed by atoms with Gasteiger partial charge in [-0.2, -0.15) is 5.26 Å². The van der Waals surface area contributed by atoms with Gasteiger partial charge in [-0.05, 0) is 30.3 Å². The molecule has 1 heterocycles. The molecule has 0 spiro atoms. The van der Waals surface area contributed by atoms with E-state index in [4.69, 9.17) is 16.9 Å². The third-order valence-electron chi connectivity index (χ3n) is 2.34. The van der Waals surface area contributed by atoms with Crippen molar-refractivity contribution in [2.45, 2.75) is 4.90 Å². The van der Waals surface area contributed by atoms with Gasteiger partial charge >= 0.3 is 0 Å². The van der Waals surface area contributed by atoms with Crippen molar-refractivity contribution in [2.75, 3.05) is 4.72 Å². The van der Waals surface area contributed by atoms with Crippen molar-refractivity contribution >= 4 is 43.2 Å². The number of aromatic nitrogens is 1. The molecule has 0 saturated carbocycles. The van der Waals surface area contributed by atoms with E-state index in [-0.39, 0.29) is 21.3 Å². The molecule has 8 heteroatoms. The number of nitrogens with one attached hydrogen (secondary N) is 1. The number of sulfonamides is 1. The first-order valence-corrected chi connectivity index (χ1v) is 7.92. The Morgan fingerprint density at radius 3 is 2.75 bits per heavy atom. The molecule has 0 aliphatic heterocycles. The molecule has 0 unspecified atom stereocenters. The first-order chi connectivity index (χ1) is 9.44. The van der Waals surface area contributed by atoms with Crippen molar-refractivity contribution in [3.05, 3.63) is 51.7 Å². The second-order valence-corrected chi connectivity index (χ2v) is 6.67. The number of halogens is 2. The number of pyridine rings is 1. The molecule has 0 bridgehead atoms. The number of rotatable bonds is 3. The van der Waals surface area contributed by atoms with Gasteiger partial charge in [-0.3, -0.25) is 4.72 Å². The lowest BCUT2D eigenvalue weighted by atomic mass is 10.3. The van der Waals surface area contributed by atoms with Crippen LogP contribution in [0.15, 0.2) is 45.9 Å². The van der Waals surface area contributed by atoms with Crippen LogP contribution in [-0.2, 0) is 10.0 Å². The first kappa shape index (κ1) is 14.8. The smallest absolute Gasteiger partial charge is 0.264 e. The van der Waals surface area contributed by atoms with Gasteiger partial charge in [-0.1, -0.05) is 27.5 Å². The number of benzene rings is 1. The molecular weight excluding hydrogens is 366 g/mol. The molecule has 1 aromatic carbocycles. The van der Waals surface area contributed by atoms with Gasteiger partial charge in [0.1, 0.15) is 11.0 Å². The average Bonchev–Trinajstić information content (AvgIpc) is 2.42. The van der Waals surface area contributed by atoms with Crippen LogP contribution >= 0.6 is 27.5 Å². The Bertz CT molecular complexity index is 803. The van der Waals surface area contributed by atoms with Crippen LogP contribution in [0.25, 0.3) is 0 Å². The van der Waals surface area contributed by atoms with E-state index in [1.807, 2.05) is 0 Å². The molecule has 0 atom stereocenters. The van der Waals surface area contributed by atoms with Crippen LogP contribution in [-0.4, -0.2) is 13.4 Å². The molecule has 102 valence electrons. The second-order valence-electron chi connectivity index (χ2n) is 3.69. The predicted molar refractivity (Wildman–Crippen MR) is 78.9 cm³/mol. The van der Waals surface area contributed by atoms with Crippen molar-refractivity contribution in [3.8, 4) is 6.07 Å². The zero-order chi connectivity index (χ0) is 14.8. The molecule has 5 nitrogen and oxygen atoms in total. The van der Waals surface area contributed by atoms with Gasteiger partial charge in [0.2, 0.25) is 0 Å². The average molecular weight is 373 g/mol. The van der Waals surface area contributed by atoms with Crippen LogP contribution in [0.1, 0.15) is 5.69 Å². The molecule has 1 N–H and O–H groups in total. The van der Waals surface area contributed by atoms with E-state index in [1.54, 1.807) is 18.2 Å². The topological polar surface area (TPSA) is 82.8 Å². The lowest BCUT2D eigenvalue weighted by molar-refractivity contribution is 0.600. The summed E-state index contributed by atoms with van der Waals surface area (Å²) in [7, 11) is -3.93. The van der Waals surface area contributed by atoms with E-state index in [2.05, 4.69) is 25.6 Å². The van der Waals surface area contributed by atoms with Gasteiger partial charge in [-0.25, -0.2) is 13.4 Å². The SMILES string of the molecule is N#Cc1ncccc1S(=O)(=O)Nc1ccc(Br)cc1Cl. The fraction of sp³-hybridized carbons (Fsp3) is 0. The maximum atomic E-state index is 12.2. The summed E-state index contributed by atoms with van der Waals surface area (Å²) in [5, 5.41) is 9.14. The maximum Gasteiger partial charge on any atom is 0.264 e. The highest BCUT2D eigenvalue weighted by molar-refractivity contribution is 9.10. The molecule has 0 radical (unpaired) electrons. The van der Waals surface area contributed by atoms with E-state index in [9.17, 15) is 8.42 Å². The van der Waals surface area contributed by atoms with Crippen LogP contribution in [0, 0.1) is 11.3 Å². The van der Waals surface area contributed by atoms with Crippen LogP contribution in [0.4, 0.5) is 5.69 Å².